The molecule has 22 heavy (non-hydrogen) atoms. The van der Waals surface area contributed by atoms with E-state index in [4.69, 9.17) is 26.2 Å². The zero-order valence-electron chi connectivity index (χ0n) is 11.2. The molecule has 1 aliphatic heterocycles. The van der Waals surface area contributed by atoms with Crippen LogP contribution in [0.25, 0.3) is 10.6 Å². The molecule has 1 saturated heterocycles. The van der Waals surface area contributed by atoms with E-state index in [2.05, 4.69) is 4.98 Å². The average Bonchev–Trinajstić information content (AvgIpc) is 3.12. The number of carbonyl (C=O) groups is 1. The summed E-state index contributed by atoms with van der Waals surface area (Å²) in [6.45, 7) is 1.02. The fourth-order valence-corrected chi connectivity index (χ4v) is 3.08. The fraction of sp³-hybridized carbons (Fsp3) is 0.286. The average molecular weight is 344 g/mol. The number of aromatic carboxylic acids is 1. The molecule has 0 unspecified atom stereocenters. The van der Waals surface area contributed by atoms with E-state index >= 15 is 0 Å². The molecule has 116 valence electrons. The van der Waals surface area contributed by atoms with Crippen LogP contribution in [0.3, 0.4) is 0 Å². The van der Waals surface area contributed by atoms with Gasteiger partial charge in [-0.3, -0.25) is 0 Å². The summed E-state index contributed by atoms with van der Waals surface area (Å²) >= 11 is 6.88. The van der Waals surface area contributed by atoms with Gasteiger partial charge in [-0.05, 0) is 12.1 Å². The first-order chi connectivity index (χ1) is 10.5. The number of ether oxygens (including phenoxy) is 2. The highest BCUT2D eigenvalue weighted by atomic mass is 35.5. The third-order valence-electron chi connectivity index (χ3n) is 3.18. The van der Waals surface area contributed by atoms with Crippen molar-refractivity contribution in [2.24, 2.45) is 0 Å². The number of hydrogen-bond acceptors (Lipinski definition) is 5. The molecule has 2 heterocycles. The van der Waals surface area contributed by atoms with Crippen molar-refractivity contribution >= 4 is 28.9 Å². The highest BCUT2D eigenvalue weighted by Gasteiger charge is 2.23. The lowest BCUT2D eigenvalue weighted by atomic mass is 10.1. The second kappa shape index (κ2) is 6.20. The quantitative estimate of drug-likeness (QED) is 0.920. The number of nitrogens with zero attached hydrogens (tertiary/aromatic N) is 1. The molecular formula is C14H11ClFNO4S. The van der Waals surface area contributed by atoms with Gasteiger partial charge in [0, 0.05) is 6.42 Å². The molecule has 0 saturated carbocycles. The van der Waals surface area contributed by atoms with Gasteiger partial charge in [-0.1, -0.05) is 11.6 Å². The van der Waals surface area contributed by atoms with E-state index in [0.717, 1.165) is 11.3 Å². The molecule has 0 amide bonds. The Morgan fingerprint density at radius 2 is 2.36 bits per heavy atom. The SMILES string of the molecule is O=C(O)c1cc(O[C@@H]2CCOC2)cc(-c2ncc(Cl)s2)c1F. The molecule has 3 rings (SSSR count). The van der Waals surface area contributed by atoms with Gasteiger partial charge in [0.1, 0.15) is 27.0 Å². The van der Waals surface area contributed by atoms with Crippen LogP contribution in [0.1, 0.15) is 16.8 Å². The monoisotopic (exact) mass is 343 g/mol. The Morgan fingerprint density at radius 1 is 1.55 bits per heavy atom. The number of aromatic nitrogens is 1. The summed E-state index contributed by atoms with van der Waals surface area (Å²) < 4.78 is 25.6. The molecule has 5 nitrogen and oxygen atoms in total. The van der Waals surface area contributed by atoms with Crippen LogP contribution in [0.15, 0.2) is 18.3 Å². The van der Waals surface area contributed by atoms with Gasteiger partial charge in [0.2, 0.25) is 0 Å². The lowest BCUT2D eigenvalue weighted by Crippen LogP contribution is -2.16. The number of carboxylic acids is 1. The van der Waals surface area contributed by atoms with Gasteiger partial charge in [-0.15, -0.1) is 11.3 Å². The maximum absolute atomic E-state index is 14.4. The lowest BCUT2D eigenvalue weighted by molar-refractivity contribution is 0.0691. The molecule has 0 bridgehead atoms. The molecule has 1 aromatic carbocycles. The zero-order chi connectivity index (χ0) is 15.7. The molecule has 0 aliphatic carbocycles. The molecule has 0 spiro atoms. The first-order valence-electron chi connectivity index (χ1n) is 6.47. The van der Waals surface area contributed by atoms with Crippen LogP contribution >= 0.6 is 22.9 Å². The number of halogens is 2. The molecule has 1 aromatic heterocycles. The van der Waals surface area contributed by atoms with Crippen molar-refractivity contribution in [2.45, 2.75) is 12.5 Å². The summed E-state index contributed by atoms with van der Waals surface area (Å²) in [6.07, 6.45) is 1.93. The maximum atomic E-state index is 14.4. The summed E-state index contributed by atoms with van der Waals surface area (Å²) in [4.78, 5) is 15.2. The Morgan fingerprint density at radius 3 is 2.95 bits per heavy atom. The Labute approximate surface area is 134 Å². The van der Waals surface area contributed by atoms with E-state index in [1.54, 1.807) is 0 Å². The van der Waals surface area contributed by atoms with Crippen LogP contribution in [0.2, 0.25) is 4.34 Å². The van der Waals surface area contributed by atoms with Crippen LogP contribution in [-0.4, -0.2) is 35.4 Å². The van der Waals surface area contributed by atoms with E-state index in [-0.39, 0.29) is 17.4 Å². The van der Waals surface area contributed by atoms with E-state index in [1.165, 1.54) is 18.3 Å². The van der Waals surface area contributed by atoms with E-state index < -0.39 is 17.3 Å². The maximum Gasteiger partial charge on any atom is 0.338 e. The summed E-state index contributed by atoms with van der Waals surface area (Å²) in [7, 11) is 0. The first-order valence-corrected chi connectivity index (χ1v) is 7.67. The number of carboxylic acid groups (broad SMARTS) is 1. The second-order valence-electron chi connectivity index (χ2n) is 4.71. The minimum atomic E-state index is -1.37. The van der Waals surface area contributed by atoms with Crippen LogP contribution in [-0.2, 0) is 4.74 Å². The van der Waals surface area contributed by atoms with Gasteiger partial charge in [0.15, 0.2) is 0 Å². The molecule has 1 atom stereocenters. The second-order valence-corrected chi connectivity index (χ2v) is 6.37. The molecule has 1 aliphatic rings. The molecular weight excluding hydrogens is 333 g/mol. The number of hydrogen-bond donors (Lipinski definition) is 1. The van der Waals surface area contributed by atoms with Crippen LogP contribution in [0.4, 0.5) is 4.39 Å². The fourth-order valence-electron chi connectivity index (χ4n) is 2.15. The third-order valence-corrected chi connectivity index (χ3v) is 4.32. The summed E-state index contributed by atoms with van der Waals surface area (Å²) in [5.74, 6) is -1.95. The predicted molar refractivity (Wildman–Crippen MR) is 79.3 cm³/mol. The molecule has 1 N–H and O–H groups in total. The lowest BCUT2D eigenvalue weighted by Gasteiger charge is -2.14. The largest absolute Gasteiger partial charge is 0.488 e. The van der Waals surface area contributed by atoms with E-state index in [0.29, 0.717) is 29.0 Å². The first kappa shape index (κ1) is 15.2. The number of rotatable bonds is 4. The van der Waals surface area contributed by atoms with Gasteiger partial charge < -0.3 is 14.6 Å². The Balaban J connectivity index is 2.03. The topological polar surface area (TPSA) is 68.7 Å². The van der Waals surface area contributed by atoms with E-state index in [9.17, 15) is 9.18 Å². The molecule has 8 heteroatoms. The van der Waals surface area contributed by atoms with Crippen molar-refractivity contribution in [3.8, 4) is 16.3 Å². The minimum Gasteiger partial charge on any atom is -0.488 e. The smallest absolute Gasteiger partial charge is 0.338 e. The van der Waals surface area contributed by atoms with Crippen LogP contribution < -0.4 is 4.74 Å². The van der Waals surface area contributed by atoms with E-state index in [1.807, 2.05) is 0 Å². The molecule has 2 aromatic rings. The highest BCUT2D eigenvalue weighted by molar-refractivity contribution is 7.18. The standard InChI is InChI=1S/C14H11ClFNO4S/c15-11-5-17-13(22-11)9-3-8(21-7-1-2-20-6-7)4-10(12(9)16)14(18)19/h3-5,7H,1-2,6H2,(H,18,19)/t7-/m1/s1. The Bertz CT molecular complexity index is 715. The predicted octanol–water partition coefficient (Wildman–Crippen LogP) is 3.47. The van der Waals surface area contributed by atoms with Crippen molar-refractivity contribution in [2.75, 3.05) is 13.2 Å². The van der Waals surface area contributed by atoms with Gasteiger partial charge in [0.25, 0.3) is 0 Å². The number of thiazole rings is 1. The van der Waals surface area contributed by atoms with Gasteiger partial charge >= 0.3 is 5.97 Å². The van der Waals surface area contributed by atoms with Gasteiger partial charge in [0.05, 0.1) is 30.5 Å². The molecule has 1 fully saturated rings. The van der Waals surface area contributed by atoms with Crippen molar-refractivity contribution in [1.82, 2.24) is 4.98 Å². The zero-order valence-corrected chi connectivity index (χ0v) is 12.8. The van der Waals surface area contributed by atoms with Crippen LogP contribution in [0.5, 0.6) is 5.75 Å². The summed E-state index contributed by atoms with van der Waals surface area (Å²) in [5, 5.41) is 9.47. The normalized spacial score (nSPS) is 17.6. The van der Waals surface area contributed by atoms with Crippen molar-refractivity contribution in [3.63, 3.8) is 0 Å². The summed E-state index contributed by atoms with van der Waals surface area (Å²) in [5.41, 5.74) is -0.400. The van der Waals surface area contributed by atoms with Gasteiger partial charge in [-0.25, -0.2) is 14.2 Å². The van der Waals surface area contributed by atoms with Crippen LogP contribution in [0, 0.1) is 5.82 Å². The highest BCUT2D eigenvalue weighted by Crippen LogP contribution is 2.34. The summed E-state index contributed by atoms with van der Waals surface area (Å²) in [6, 6.07) is 2.62. The third kappa shape index (κ3) is 3.06. The van der Waals surface area contributed by atoms with Crippen molar-refractivity contribution < 1.29 is 23.8 Å². The Hall–Kier alpha value is -1.70. The van der Waals surface area contributed by atoms with Crippen molar-refractivity contribution in [3.05, 3.63) is 34.0 Å². The van der Waals surface area contributed by atoms with Gasteiger partial charge in [-0.2, -0.15) is 0 Å². The minimum absolute atomic E-state index is 0.0608. The molecule has 0 radical (unpaired) electrons. The van der Waals surface area contributed by atoms with Crippen molar-refractivity contribution in [1.29, 1.82) is 0 Å². The Kier molecular flexibility index (Phi) is 4.28. The number of benzene rings is 1.